The number of fused-ring (bicyclic) bond motifs is 1. The second-order valence-electron chi connectivity index (χ2n) is 7.23. The normalized spacial score (nSPS) is 11.6. The predicted molar refractivity (Wildman–Crippen MR) is 122 cm³/mol. The number of sulfone groups is 1. The molecule has 0 saturated heterocycles. The van der Waals surface area contributed by atoms with Gasteiger partial charge in [-0.25, -0.2) is 18.2 Å². The summed E-state index contributed by atoms with van der Waals surface area (Å²) in [7, 11) is -2.44. The number of H-pyrrole nitrogens is 1. The first-order valence-electron chi connectivity index (χ1n) is 9.63. The summed E-state index contributed by atoms with van der Waals surface area (Å²) in [5, 5.41) is 1.89. The first kappa shape index (κ1) is 22.6. The van der Waals surface area contributed by atoms with Crippen molar-refractivity contribution in [3.63, 3.8) is 0 Å². The van der Waals surface area contributed by atoms with Crippen molar-refractivity contribution in [1.82, 2.24) is 19.5 Å². The highest BCUT2D eigenvalue weighted by molar-refractivity contribution is 7.94. The van der Waals surface area contributed by atoms with E-state index in [1.165, 1.54) is 19.4 Å². The van der Waals surface area contributed by atoms with Crippen molar-refractivity contribution in [1.29, 1.82) is 0 Å². The van der Waals surface area contributed by atoms with Gasteiger partial charge < -0.3 is 9.72 Å². The number of rotatable bonds is 7. The molecular weight excluding hydrogens is 468 g/mol. The fourth-order valence-electron chi connectivity index (χ4n) is 3.29. The monoisotopic (exact) mass is 486 g/mol. The number of aryl methyl sites for hydroxylation is 1. The number of carbonyl (C=O) groups is 1. The largest absolute Gasteiger partial charge is 0.481 e. The molecule has 3 heterocycles. The van der Waals surface area contributed by atoms with E-state index in [0.29, 0.717) is 5.52 Å². The summed E-state index contributed by atoms with van der Waals surface area (Å²) in [5.74, 6) is -1.53. The molecule has 4 aromatic rings. The van der Waals surface area contributed by atoms with Crippen LogP contribution in [0.2, 0.25) is 0 Å². The van der Waals surface area contributed by atoms with Crippen LogP contribution >= 0.6 is 11.3 Å². The zero-order valence-electron chi connectivity index (χ0n) is 17.6. The number of aromatic amines is 1. The van der Waals surface area contributed by atoms with Crippen LogP contribution in [0.4, 0.5) is 0 Å². The maximum atomic E-state index is 12.9. The average molecular weight is 487 g/mol. The molecule has 0 saturated carbocycles. The molecule has 0 fully saturated rings. The number of nitrogens with zero attached hydrogens (tertiary/aromatic N) is 3. The lowest BCUT2D eigenvalue weighted by Gasteiger charge is -2.10. The molecule has 0 amide bonds. The predicted octanol–water partition coefficient (Wildman–Crippen LogP) is 1.43. The molecule has 0 radical (unpaired) electrons. The van der Waals surface area contributed by atoms with E-state index < -0.39 is 32.6 Å². The fourth-order valence-corrected chi connectivity index (χ4v) is 5.62. The van der Waals surface area contributed by atoms with Crippen molar-refractivity contribution in [3.8, 4) is 11.8 Å². The summed E-state index contributed by atoms with van der Waals surface area (Å²) < 4.78 is 30.8. The molecule has 170 valence electrons. The number of Topliss-reactive ketones (excluding diaryl/α,β-unsaturated/α-hetero) is 1. The van der Waals surface area contributed by atoms with Crippen LogP contribution < -0.4 is 16.0 Å². The van der Waals surface area contributed by atoms with Crippen molar-refractivity contribution in [2.24, 2.45) is 0 Å². The molecule has 0 unspecified atom stereocenters. The maximum absolute atomic E-state index is 12.9. The number of ketones is 1. The third-order valence-corrected chi connectivity index (χ3v) is 7.96. The summed E-state index contributed by atoms with van der Waals surface area (Å²) in [4.78, 5) is 48.7. The summed E-state index contributed by atoms with van der Waals surface area (Å²) in [6, 6.07) is 8.05. The van der Waals surface area contributed by atoms with E-state index in [9.17, 15) is 22.8 Å². The van der Waals surface area contributed by atoms with Crippen LogP contribution in [0, 0.1) is 6.92 Å². The number of carbonyl (C=O) groups excluding carboxylic acids is 1. The molecule has 0 bridgehead atoms. The quantitative estimate of drug-likeness (QED) is 0.414. The van der Waals surface area contributed by atoms with E-state index in [4.69, 9.17) is 4.74 Å². The zero-order chi connectivity index (χ0) is 23.8. The smallest absolute Gasteiger partial charge is 0.335 e. The number of aromatic nitrogens is 4. The third kappa shape index (κ3) is 4.47. The molecule has 12 heteroatoms. The van der Waals surface area contributed by atoms with Crippen molar-refractivity contribution in [2.45, 2.75) is 17.6 Å². The average Bonchev–Trinajstić information content (AvgIpc) is 3.30. The highest BCUT2D eigenvalue weighted by Crippen LogP contribution is 2.20. The number of nitrogens with one attached hydrogen (secondary N) is 1. The Balaban J connectivity index is 1.67. The van der Waals surface area contributed by atoms with E-state index in [1.54, 1.807) is 29.6 Å². The molecule has 3 aromatic heterocycles. The van der Waals surface area contributed by atoms with Crippen LogP contribution in [-0.4, -0.2) is 46.6 Å². The van der Waals surface area contributed by atoms with E-state index in [2.05, 4.69) is 15.0 Å². The van der Waals surface area contributed by atoms with Gasteiger partial charge in [0.25, 0.3) is 5.56 Å². The molecule has 0 aliphatic heterocycles. The van der Waals surface area contributed by atoms with Gasteiger partial charge in [-0.3, -0.25) is 9.59 Å². The van der Waals surface area contributed by atoms with Gasteiger partial charge in [0, 0.05) is 18.2 Å². The molecule has 33 heavy (non-hydrogen) atoms. The van der Waals surface area contributed by atoms with Crippen molar-refractivity contribution < 1.29 is 17.9 Å². The molecule has 0 spiro atoms. The Morgan fingerprint density at radius 3 is 2.73 bits per heavy atom. The standard InChI is InChI=1S/C21H18N4O6S2/c1-12-5-6-15-16(8-12)23-21(28)25(19(15)27)20-22-10-13(18(24-20)31-2)9-14(26)11-33(29,30)17-4-3-7-32-17/h3-8,10H,9,11H2,1-2H3,(H,23,28). The van der Waals surface area contributed by atoms with Gasteiger partial charge in [-0.15, -0.1) is 11.3 Å². The second-order valence-corrected chi connectivity index (χ2v) is 10.4. The molecule has 0 atom stereocenters. The number of ether oxygens (including phenoxy) is 1. The van der Waals surface area contributed by atoms with Gasteiger partial charge in [-0.1, -0.05) is 12.1 Å². The third-order valence-electron chi connectivity index (χ3n) is 4.80. The van der Waals surface area contributed by atoms with Gasteiger partial charge in [-0.2, -0.15) is 9.55 Å². The lowest BCUT2D eigenvalue weighted by molar-refractivity contribution is -0.116. The van der Waals surface area contributed by atoms with Gasteiger partial charge in [0.15, 0.2) is 15.6 Å². The molecule has 0 aliphatic carbocycles. The van der Waals surface area contributed by atoms with Gasteiger partial charge in [-0.05, 0) is 36.1 Å². The fraction of sp³-hybridized carbons (Fsp3) is 0.190. The minimum absolute atomic E-state index is 0.0443. The summed E-state index contributed by atoms with van der Waals surface area (Å²) in [6.07, 6.45) is 0.943. The summed E-state index contributed by atoms with van der Waals surface area (Å²) in [5.41, 5.74) is 0.159. The Morgan fingerprint density at radius 2 is 2.03 bits per heavy atom. The molecular formula is C21H18N4O6S2. The molecule has 1 aromatic carbocycles. The SMILES string of the molecule is COc1nc(-n2c(=O)[nH]c3cc(C)ccc3c2=O)ncc1CC(=O)CS(=O)(=O)c1cccs1. The lowest BCUT2D eigenvalue weighted by Crippen LogP contribution is -2.35. The van der Waals surface area contributed by atoms with Gasteiger partial charge in [0.2, 0.25) is 11.8 Å². The lowest BCUT2D eigenvalue weighted by atomic mass is 10.2. The first-order chi connectivity index (χ1) is 15.7. The van der Waals surface area contributed by atoms with Crippen LogP contribution in [0.3, 0.4) is 0 Å². The van der Waals surface area contributed by atoms with Gasteiger partial charge in [0.1, 0.15) is 9.96 Å². The van der Waals surface area contributed by atoms with Crippen LogP contribution in [0.15, 0.2) is 55.7 Å². The van der Waals surface area contributed by atoms with Crippen LogP contribution in [0.25, 0.3) is 16.9 Å². The van der Waals surface area contributed by atoms with Crippen LogP contribution in [0.5, 0.6) is 5.88 Å². The second kappa shape index (κ2) is 8.71. The van der Waals surface area contributed by atoms with Crippen LogP contribution in [-0.2, 0) is 21.1 Å². The highest BCUT2D eigenvalue weighted by atomic mass is 32.2. The van der Waals surface area contributed by atoms with Crippen molar-refractivity contribution in [2.75, 3.05) is 12.9 Å². The Kier molecular flexibility index (Phi) is 5.95. The topological polar surface area (TPSA) is 141 Å². The number of hydrogen-bond acceptors (Lipinski definition) is 9. The Hall–Kier alpha value is -3.64. The van der Waals surface area contributed by atoms with Gasteiger partial charge in [0.05, 0.1) is 18.0 Å². The Bertz CT molecular complexity index is 1590. The number of methoxy groups -OCH3 is 1. The maximum Gasteiger partial charge on any atom is 0.335 e. The van der Waals surface area contributed by atoms with Gasteiger partial charge >= 0.3 is 5.69 Å². The molecule has 10 nitrogen and oxygen atoms in total. The van der Waals surface area contributed by atoms with Crippen molar-refractivity contribution >= 4 is 37.9 Å². The summed E-state index contributed by atoms with van der Waals surface area (Å²) >= 11 is 1.04. The number of hydrogen-bond donors (Lipinski definition) is 1. The molecule has 0 aliphatic rings. The highest BCUT2D eigenvalue weighted by Gasteiger charge is 2.22. The molecule has 1 N–H and O–H groups in total. The zero-order valence-corrected chi connectivity index (χ0v) is 19.2. The Labute approximate surface area is 191 Å². The Morgan fingerprint density at radius 1 is 1.24 bits per heavy atom. The van der Waals surface area contributed by atoms with E-state index in [0.717, 1.165) is 21.5 Å². The minimum atomic E-state index is -3.75. The van der Waals surface area contributed by atoms with Crippen molar-refractivity contribution in [3.05, 3.63) is 73.9 Å². The summed E-state index contributed by atoms with van der Waals surface area (Å²) in [6.45, 7) is 1.84. The van der Waals surface area contributed by atoms with Crippen LogP contribution in [0.1, 0.15) is 11.1 Å². The van der Waals surface area contributed by atoms with E-state index in [-0.39, 0.29) is 33.4 Å². The minimum Gasteiger partial charge on any atom is -0.481 e. The number of thiophene rings is 1. The number of benzene rings is 1. The van der Waals surface area contributed by atoms with E-state index >= 15 is 0 Å². The molecule has 4 rings (SSSR count). The van der Waals surface area contributed by atoms with E-state index in [1.807, 2.05) is 6.92 Å². The first-order valence-corrected chi connectivity index (χ1v) is 12.2.